The molecule has 62 valence electrons. The minimum Gasteiger partial charge on any atom is -0.375 e. The summed E-state index contributed by atoms with van der Waals surface area (Å²) in [5.74, 6) is 0. The summed E-state index contributed by atoms with van der Waals surface area (Å²) in [6.07, 6.45) is 1.76. The van der Waals surface area contributed by atoms with Crippen molar-refractivity contribution in [3.8, 4) is 0 Å². The van der Waals surface area contributed by atoms with Crippen LogP contribution < -0.4 is 0 Å². The van der Waals surface area contributed by atoms with Crippen molar-refractivity contribution in [3.63, 3.8) is 0 Å². The Balaban J connectivity index is 1.88. The largest absolute Gasteiger partial charge is 0.375 e. The Morgan fingerprint density at radius 2 is 2.55 bits per heavy atom. The Labute approximate surface area is 75.3 Å². The van der Waals surface area contributed by atoms with Gasteiger partial charge in [-0.05, 0) is 6.42 Å². The maximum Gasteiger partial charge on any atom is 0.0747 e. The van der Waals surface area contributed by atoms with Gasteiger partial charge in [0.25, 0.3) is 0 Å². The summed E-state index contributed by atoms with van der Waals surface area (Å²) in [6.45, 7) is 6.76. The molecule has 0 spiro atoms. The average Bonchev–Trinajstić information content (AvgIpc) is 2.65. The quantitative estimate of drug-likeness (QED) is 0.694. The number of ether oxygens (including phenoxy) is 1. The van der Waals surface area contributed by atoms with Crippen LogP contribution in [0.4, 0.5) is 0 Å². The van der Waals surface area contributed by atoms with Crippen molar-refractivity contribution < 1.29 is 4.74 Å². The summed E-state index contributed by atoms with van der Waals surface area (Å²) in [4.78, 5) is 2.44. The molecule has 2 nitrogen and oxygen atoms in total. The molecule has 2 atom stereocenters. The molecule has 11 heavy (non-hydrogen) atoms. The van der Waals surface area contributed by atoms with Crippen LogP contribution in [-0.2, 0) is 4.74 Å². The van der Waals surface area contributed by atoms with Crippen LogP contribution in [0.25, 0.3) is 0 Å². The van der Waals surface area contributed by atoms with Crippen molar-refractivity contribution in [1.82, 2.24) is 4.90 Å². The van der Waals surface area contributed by atoms with Crippen LogP contribution in [-0.4, -0.2) is 36.7 Å². The Kier molecular flexibility index (Phi) is 2.04. The normalized spacial score (nSPS) is 36.5. The van der Waals surface area contributed by atoms with Crippen molar-refractivity contribution in [1.29, 1.82) is 0 Å². The first kappa shape index (κ1) is 7.77. The van der Waals surface area contributed by atoms with Gasteiger partial charge in [0, 0.05) is 23.6 Å². The van der Waals surface area contributed by atoms with Crippen LogP contribution in [0.5, 0.6) is 0 Å². The Bertz CT molecular complexity index is 183. The van der Waals surface area contributed by atoms with Gasteiger partial charge in [0.05, 0.1) is 12.7 Å². The fraction of sp³-hybridized carbons (Fsp3) is 0.750. The van der Waals surface area contributed by atoms with Crippen molar-refractivity contribution in [2.45, 2.75) is 18.6 Å². The van der Waals surface area contributed by atoms with Gasteiger partial charge in [-0.2, -0.15) is 0 Å². The van der Waals surface area contributed by atoms with Crippen LogP contribution in [0.2, 0.25) is 0 Å². The minimum absolute atomic E-state index is 0.538. The van der Waals surface area contributed by atoms with E-state index in [0.717, 1.165) is 24.2 Å². The van der Waals surface area contributed by atoms with Gasteiger partial charge >= 0.3 is 0 Å². The molecule has 2 aliphatic rings. The number of nitrogens with zero attached hydrogens (tertiary/aromatic N) is 1. The Morgan fingerprint density at radius 1 is 1.73 bits per heavy atom. The van der Waals surface area contributed by atoms with E-state index in [1.54, 1.807) is 0 Å². The lowest BCUT2D eigenvalue weighted by atomic mass is 10.4. The molecule has 0 aromatic carbocycles. The van der Waals surface area contributed by atoms with Gasteiger partial charge in [0.15, 0.2) is 0 Å². The standard InChI is InChI=1S/C8H12BrNO/c1-6(9)5-10-2-3-11-8-4-7(8)10/h7-8H,1-5H2. The molecule has 1 aliphatic heterocycles. The molecular formula is C8H12BrNO. The maximum absolute atomic E-state index is 5.48. The smallest absolute Gasteiger partial charge is 0.0747 e. The van der Waals surface area contributed by atoms with E-state index in [9.17, 15) is 0 Å². The van der Waals surface area contributed by atoms with Gasteiger partial charge in [-0.3, -0.25) is 4.90 Å². The zero-order valence-corrected chi connectivity index (χ0v) is 8.01. The topological polar surface area (TPSA) is 12.5 Å². The third-order valence-corrected chi connectivity index (χ3v) is 2.50. The van der Waals surface area contributed by atoms with Gasteiger partial charge in [0.2, 0.25) is 0 Å². The number of hydrogen-bond acceptors (Lipinski definition) is 2. The van der Waals surface area contributed by atoms with E-state index < -0.39 is 0 Å². The van der Waals surface area contributed by atoms with E-state index in [1.807, 2.05) is 0 Å². The molecule has 0 N–H and O–H groups in total. The van der Waals surface area contributed by atoms with E-state index in [2.05, 4.69) is 27.4 Å². The lowest BCUT2D eigenvalue weighted by molar-refractivity contribution is 0.0360. The zero-order valence-electron chi connectivity index (χ0n) is 6.42. The number of rotatable bonds is 2. The number of hydrogen-bond donors (Lipinski definition) is 0. The van der Waals surface area contributed by atoms with E-state index in [0.29, 0.717) is 12.1 Å². The summed E-state index contributed by atoms with van der Waals surface area (Å²) < 4.78 is 6.55. The van der Waals surface area contributed by atoms with Gasteiger partial charge < -0.3 is 4.74 Å². The minimum atomic E-state index is 0.538. The molecule has 0 bridgehead atoms. The molecule has 2 unspecified atom stereocenters. The van der Waals surface area contributed by atoms with Crippen molar-refractivity contribution in [3.05, 3.63) is 11.1 Å². The fourth-order valence-corrected chi connectivity index (χ4v) is 1.95. The molecule has 3 heteroatoms. The van der Waals surface area contributed by atoms with Crippen LogP contribution in [0.15, 0.2) is 11.1 Å². The lowest BCUT2D eigenvalue weighted by Gasteiger charge is -2.25. The van der Waals surface area contributed by atoms with Crippen LogP contribution in [0, 0.1) is 0 Å². The predicted octanol–water partition coefficient (Wildman–Crippen LogP) is 1.37. The molecule has 1 saturated heterocycles. The van der Waals surface area contributed by atoms with E-state index in [-0.39, 0.29) is 0 Å². The second kappa shape index (κ2) is 2.88. The van der Waals surface area contributed by atoms with Crippen LogP contribution >= 0.6 is 15.9 Å². The van der Waals surface area contributed by atoms with Crippen LogP contribution in [0.1, 0.15) is 6.42 Å². The molecule has 1 heterocycles. The molecule has 1 saturated carbocycles. The number of halogens is 1. The monoisotopic (exact) mass is 217 g/mol. The molecule has 0 amide bonds. The first-order chi connectivity index (χ1) is 5.27. The van der Waals surface area contributed by atoms with Crippen molar-refractivity contribution in [2.24, 2.45) is 0 Å². The predicted molar refractivity (Wildman–Crippen MR) is 47.8 cm³/mol. The van der Waals surface area contributed by atoms with Crippen molar-refractivity contribution >= 4 is 15.9 Å². The van der Waals surface area contributed by atoms with Gasteiger partial charge in [-0.1, -0.05) is 22.5 Å². The fourth-order valence-electron chi connectivity index (χ4n) is 1.63. The van der Waals surface area contributed by atoms with E-state index >= 15 is 0 Å². The van der Waals surface area contributed by atoms with Gasteiger partial charge in [-0.15, -0.1) is 0 Å². The molecule has 0 radical (unpaired) electrons. The summed E-state index contributed by atoms with van der Waals surface area (Å²) >= 11 is 3.38. The Hall–Kier alpha value is 0.140. The molecule has 2 rings (SSSR count). The molecule has 0 aromatic heterocycles. The maximum atomic E-state index is 5.48. The number of fused-ring (bicyclic) bond motifs is 1. The second-order valence-electron chi connectivity index (χ2n) is 3.20. The third kappa shape index (κ3) is 1.66. The third-order valence-electron chi connectivity index (χ3n) is 2.25. The molecule has 1 aliphatic carbocycles. The summed E-state index contributed by atoms with van der Waals surface area (Å²) in [6, 6.07) is 0.693. The Morgan fingerprint density at radius 3 is 3.27 bits per heavy atom. The van der Waals surface area contributed by atoms with Gasteiger partial charge in [-0.25, -0.2) is 0 Å². The molecule has 2 fully saturated rings. The van der Waals surface area contributed by atoms with E-state index in [4.69, 9.17) is 4.74 Å². The number of morpholine rings is 1. The SMILES string of the molecule is C=C(Br)CN1CCOC2CC21. The summed E-state index contributed by atoms with van der Waals surface area (Å²) in [5, 5.41) is 0. The first-order valence-corrected chi connectivity index (χ1v) is 4.75. The first-order valence-electron chi connectivity index (χ1n) is 3.96. The average molecular weight is 218 g/mol. The second-order valence-corrected chi connectivity index (χ2v) is 4.32. The molecule has 0 aromatic rings. The highest BCUT2D eigenvalue weighted by atomic mass is 79.9. The van der Waals surface area contributed by atoms with Gasteiger partial charge in [0.1, 0.15) is 0 Å². The highest BCUT2D eigenvalue weighted by molar-refractivity contribution is 9.11. The molecular weight excluding hydrogens is 206 g/mol. The zero-order chi connectivity index (χ0) is 7.84. The van der Waals surface area contributed by atoms with E-state index in [1.165, 1.54) is 6.42 Å². The van der Waals surface area contributed by atoms with Crippen molar-refractivity contribution in [2.75, 3.05) is 19.7 Å². The highest BCUT2D eigenvalue weighted by Gasteiger charge is 2.45. The summed E-state index contributed by atoms with van der Waals surface area (Å²) in [7, 11) is 0. The van der Waals surface area contributed by atoms with Crippen LogP contribution in [0.3, 0.4) is 0 Å². The lowest BCUT2D eigenvalue weighted by Crippen LogP contribution is -2.37. The summed E-state index contributed by atoms with van der Waals surface area (Å²) in [5.41, 5.74) is 0. The highest BCUT2D eigenvalue weighted by Crippen LogP contribution is 2.34.